The van der Waals surface area contributed by atoms with Crippen LogP contribution in [0.15, 0.2) is 42.5 Å². The minimum atomic E-state index is -0.536. The summed E-state index contributed by atoms with van der Waals surface area (Å²) in [6.45, 7) is 4.01. The summed E-state index contributed by atoms with van der Waals surface area (Å²) in [6, 6.07) is 12.5. The van der Waals surface area contributed by atoms with Gasteiger partial charge in [-0.2, -0.15) is 0 Å². The van der Waals surface area contributed by atoms with Crippen molar-refractivity contribution in [3.05, 3.63) is 59.2 Å². The van der Waals surface area contributed by atoms with E-state index in [4.69, 9.17) is 4.74 Å². The van der Waals surface area contributed by atoms with E-state index < -0.39 is 18.5 Å². The van der Waals surface area contributed by atoms with Crippen molar-refractivity contribution in [2.75, 3.05) is 23.4 Å². The number of carbonyl (C=O) groups excluding carboxylic acids is 3. The Labute approximate surface area is 158 Å². The molecule has 0 bridgehead atoms. The molecule has 1 fully saturated rings. The Balaban J connectivity index is 1.63. The summed E-state index contributed by atoms with van der Waals surface area (Å²) in [4.78, 5) is 38.1. The molecule has 0 aliphatic carbocycles. The zero-order valence-corrected chi connectivity index (χ0v) is 15.5. The molecule has 3 rings (SSSR count). The number of nitrogens with one attached hydrogen (secondary N) is 1. The van der Waals surface area contributed by atoms with Crippen molar-refractivity contribution in [2.24, 2.45) is 0 Å². The Bertz CT molecular complexity index is 892. The molecule has 2 amide bonds. The number of nitrogens with zero attached hydrogens (tertiary/aromatic N) is 1. The molecule has 0 spiro atoms. The van der Waals surface area contributed by atoms with E-state index in [0.29, 0.717) is 29.9 Å². The highest BCUT2D eigenvalue weighted by atomic mass is 16.5. The minimum Gasteiger partial charge on any atom is -0.452 e. The maximum absolute atomic E-state index is 12.2. The highest BCUT2D eigenvalue weighted by Gasteiger charge is 2.24. The Morgan fingerprint density at radius 2 is 1.93 bits per heavy atom. The second kappa shape index (κ2) is 8.03. The average molecular weight is 366 g/mol. The lowest BCUT2D eigenvalue weighted by atomic mass is 10.1. The van der Waals surface area contributed by atoms with E-state index in [1.54, 1.807) is 29.2 Å². The first-order chi connectivity index (χ1) is 13.0. The first-order valence-corrected chi connectivity index (χ1v) is 8.89. The summed E-state index contributed by atoms with van der Waals surface area (Å²) in [5, 5.41) is 2.73. The number of anilines is 2. The van der Waals surface area contributed by atoms with Crippen LogP contribution >= 0.6 is 0 Å². The van der Waals surface area contributed by atoms with Crippen LogP contribution in [0.2, 0.25) is 0 Å². The lowest BCUT2D eigenvalue weighted by molar-refractivity contribution is -0.119. The van der Waals surface area contributed by atoms with Crippen LogP contribution in [0.5, 0.6) is 0 Å². The van der Waals surface area contributed by atoms with E-state index in [9.17, 15) is 14.4 Å². The van der Waals surface area contributed by atoms with Gasteiger partial charge in [0.2, 0.25) is 5.91 Å². The summed E-state index contributed by atoms with van der Waals surface area (Å²) in [5.41, 5.74) is 3.49. The number of amides is 2. The number of carbonyl (C=O) groups is 3. The van der Waals surface area contributed by atoms with Gasteiger partial charge in [0.25, 0.3) is 5.91 Å². The number of aryl methyl sites for hydroxylation is 2. The molecule has 0 radical (unpaired) electrons. The summed E-state index contributed by atoms with van der Waals surface area (Å²) >= 11 is 0. The first kappa shape index (κ1) is 18.6. The van der Waals surface area contributed by atoms with Crippen LogP contribution in [0, 0.1) is 13.8 Å². The molecule has 1 aliphatic heterocycles. The van der Waals surface area contributed by atoms with Gasteiger partial charge in [-0.1, -0.05) is 29.8 Å². The second-order valence-corrected chi connectivity index (χ2v) is 6.61. The maximum Gasteiger partial charge on any atom is 0.338 e. The molecule has 27 heavy (non-hydrogen) atoms. The van der Waals surface area contributed by atoms with Gasteiger partial charge in [-0.05, 0) is 44.0 Å². The van der Waals surface area contributed by atoms with Crippen LogP contribution in [0.25, 0.3) is 0 Å². The molecule has 1 N–H and O–H groups in total. The fourth-order valence-electron chi connectivity index (χ4n) is 3.16. The molecule has 0 aromatic heterocycles. The maximum atomic E-state index is 12.2. The van der Waals surface area contributed by atoms with Gasteiger partial charge in [-0.15, -0.1) is 0 Å². The van der Waals surface area contributed by atoms with Crippen molar-refractivity contribution in [2.45, 2.75) is 26.7 Å². The Kier molecular flexibility index (Phi) is 5.54. The first-order valence-electron chi connectivity index (χ1n) is 8.89. The lowest BCUT2D eigenvalue weighted by Crippen LogP contribution is -2.27. The van der Waals surface area contributed by atoms with Crippen LogP contribution < -0.4 is 10.2 Å². The number of rotatable bonds is 5. The molecule has 6 heteroatoms. The van der Waals surface area contributed by atoms with Crippen molar-refractivity contribution in [1.29, 1.82) is 0 Å². The van der Waals surface area contributed by atoms with Gasteiger partial charge in [-0.25, -0.2) is 4.79 Å². The van der Waals surface area contributed by atoms with Gasteiger partial charge in [0.1, 0.15) is 0 Å². The van der Waals surface area contributed by atoms with Gasteiger partial charge in [0.05, 0.1) is 16.9 Å². The van der Waals surface area contributed by atoms with Gasteiger partial charge >= 0.3 is 5.97 Å². The number of hydrogen-bond donors (Lipinski definition) is 1. The molecular weight excluding hydrogens is 344 g/mol. The zero-order chi connectivity index (χ0) is 19.4. The predicted octanol–water partition coefficient (Wildman–Crippen LogP) is 3.23. The molecule has 140 valence electrons. The van der Waals surface area contributed by atoms with E-state index in [-0.39, 0.29) is 5.91 Å². The molecule has 6 nitrogen and oxygen atoms in total. The van der Waals surface area contributed by atoms with E-state index in [2.05, 4.69) is 5.32 Å². The third kappa shape index (κ3) is 4.34. The van der Waals surface area contributed by atoms with Crippen LogP contribution in [0.1, 0.15) is 34.3 Å². The van der Waals surface area contributed by atoms with Crippen molar-refractivity contribution < 1.29 is 19.1 Å². The highest BCUT2D eigenvalue weighted by Crippen LogP contribution is 2.29. The van der Waals surface area contributed by atoms with Crippen molar-refractivity contribution in [1.82, 2.24) is 0 Å². The number of para-hydroxylation sites is 2. The third-order valence-corrected chi connectivity index (χ3v) is 4.48. The quantitative estimate of drug-likeness (QED) is 0.825. The molecule has 2 aromatic rings. The monoisotopic (exact) mass is 366 g/mol. The number of hydrogen-bond acceptors (Lipinski definition) is 4. The van der Waals surface area contributed by atoms with Crippen molar-refractivity contribution in [3.63, 3.8) is 0 Å². The molecule has 1 aliphatic rings. The molecular formula is C21H22N2O4. The van der Waals surface area contributed by atoms with E-state index in [0.717, 1.165) is 17.5 Å². The minimum absolute atomic E-state index is 0.0398. The van der Waals surface area contributed by atoms with E-state index >= 15 is 0 Å². The van der Waals surface area contributed by atoms with Gasteiger partial charge < -0.3 is 15.0 Å². The van der Waals surface area contributed by atoms with Crippen molar-refractivity contribution >= 4 is 29.2 Å². The zero-order valence-electron chi connectivity index (χ0n) is 15.5. The Morgan fingerprint density at radius 1 is 1.15 bits per heavy atom. The second-order valence-electron chi connectivity index (χ2n) is 6.61. The number of benzene rings is 2. The van der Waals surface area contributed by atoms with Crippen LogP contribution in [0.4, 0.5) is 11.4 Å². The Hall–Kier alpha value is -3.15. The summed E-state index contributed by atoms with van der Waals surface area (Å²) in [6.07, 6.45) is 1.31. The Morgan fingerprint density at radius 3 is 2.63 bits per heavy atom. The SMILES string of the molecule is Cc1ccc(C(=O)OCC(=O)Nc2ccccc2N2CCCC2=O)c(C)c1. The van der Waals surface area contributed by atoms with Crippen LogP contribution in [-0.4, -0.2) is 30.9 Å². The van der Waals surface area contributed by atoms with Gasteiger partial charge in [0.15, 0.2) is 6.61 Å². The molecule has 2 aromatic carbocycles. The van der Waals surface area contributed by atoms with Crippen molar-refractivity contribution in [3.8, 4) is 0 Å². The molecule has 0 atom stereocenters. The van der Waals surface area contributed by atoms with Gasteiger partial charge in [0, 0.05) is 13.0 Å². The smallest absolute Gasteiger partial charge is 0.338 e. The lowest BCUT2D eigenvalue weighted by Gasteiger charge is -2.20. The van der Waals surface area contributed by atoms with E-state index in [1.807, 2.05) is 32.0 Å². The standard InChI is InChI=1S/C21H22N2O4/c1-14-9-10-16(15(2)12-14)21(26)27-13-19(24)22-17-6-3-4-7-18(17)23-11-5-8-20(23)25/h3-4,6-7,9-10,12H,5,8,11,13H2,1-2H3,(H,22,24). The largest absolute Gasteiger partial charge is 0.452 e. The van der Waals surface area contributed by atoms with Gasteiger partial charge in [-0.3, -0.25) is 9.59 Å². The molecule has 0 saturated carbocycles. The molecule has 1 heterocycles. The average Bonchev–Trinajstić information content (AvgIpc) is 3.06. The predicted molar refractivity (Wildman–Crippen MR) is 103 cm³/mol. The van der Waals surface area contributed by atoms with Crippen LogP contribution in [0.3, 0.4) is 0 Å². The van der Waals surface area contributed by atoms with Crippen LogP contribution in [-0.2, 0) is 14.3 Å². The fourth-order valence-corrected chi connectivity index (χ4v) is 3.16. The summed E-state index contributed by atoms with van der Waals surface area (Å²) in [5.74, 6) is -0.948. The summed E-state index contributed by atoms with van der Waals surface area (Å²) in [7, 11) is 0. The number of esters is 1. The third-order valence-electron chi connectivity index (χ3n) is 4.48. The number of ether oxygens (including phenoxy) is 1. The summed E-state index contributed by atoms with van der Waals surface area (Å²) < 4.78 is 5.14. The fraction of sp³-hybridized carbons (Fsp3) is 0.286. The molecule has 1 saturated heterocycles. The molecule has 0 unspecified atom stereocenters. The van der Waals surface area contributed by atoms with E-state index in [1.165, 1.54) is 0 Å². The topological polar surface area (TPSA) is 75.7 Å². The highest BCUT2D eigenvalue weighted by molar-refractivity contribution is 6.03. The normalized spacial score (nSPS) is 13.6.